The summed E-state index contributed by atoms with van der Waals surface area (Å²) < 4.78 is 18.8. The van der Waals surface area contributed by atoms with Gasteiger partial charge in [-0.3, -0.25) is 4.79 Å². The van der Waals surface area contributed by atoms with E-state index in [2.05, 4.69) is 20.8 Å². The largest absolute Gasteiger partial charge is 0.334 e. The van der Waals surface area contributed by atoms with Crippen LogP contribution in [0.5, 0.6) is 0 Å². The minimum Gasteiger partial charge on any atom is -0.334 e. The second-order valence-corrected chi connectivity index (χ2v) is 4.79. The van der Waals surface area contributed by atoms with E-state index in [1.165, 1.54) is 25.1 Å². The van der Waals surface area contributed by atoms with Crippen molar-refractivity contribution in [3.05, 3.63) is 29.8 Å². The number of halogens is 2. The van der Waals surface area contributed by atoms with Gasteiger partial charge in [0.25, 0.3) is 5.89 Å². The third kappa shape index (κ3) is 4.51. The Kier molecular flexibility index (Phi) is 6.45. The fraction of sp³-hybridized carbons (Fsp3) is 0.357. The molecule has 22 heavy (non-hydrogen) atoms. The molecule has 1 aromatic heterocycles. The monoisotopic (exact) mass is 328 g/mol. The Balaban J connectivity index is 0.00000242. The highest BCUT2D eigenvalue weighted by Crippen LogP contribution is 2.24. The molecule has 0 aliphatic carbocycles. The van der Waals surface area contributed by atoms with Crippen LogP contribution in [0, 0.1) is 5.82 Å². The Morgan fingerprint density at radius 3 is 2.82 bits per heavy atom. The molecule has 0 saturated heterocycles. The lowest BCUT2D eigenvalue weighted by Gasteiger charge is -2.05. The van der Waals surface area contributed by atoms with Crippen molar-refractivity contribution in [1.82, 2.24) is 15.5 Å². The summed E-state index contributed by atoms with van der Waals surface area (Å²) in [6, 6.07) is 4.47. The number of benzene rings is 1. The summed E-state index contributed by atoms with van der Waals surface area (Å²) in [5.74, 6) is -0.00485. The van der Waals surface area contributed by atoms with Crippen molar-refractivity contribution >= 4 is 24.0 Å². The molecule has 0 fully saturated rings. The van der Waals surface area contributed by atoms with Crippen molar-refractivity contribution in [1.29, 1.82) is 0 Å². The normalized spacial score (nSPS) is 11.6. The zero-order valence-electron chi connectivity index (χ0n) is 12.5. The molecule has 120 valence electrons. The molecule has 1 heterocycles. The first-order valence-electron chi connectivity index (χ1n) is 6.57. The van der Waals surface area contributed by atoms with Crippen LogP contribution in [0.1, 0.15) is 19.7 Å². The molecule has 0 aliphatic rings. The highest BCUT2D eigenvalue weighted by molar-refractivity contribution is 5.89. The number of rotatable bonds is 5. The number of nitrogens with one attached hydrogen (secondary N) is 2. The minimum atomic E-state index is -0.516. The van der Waals surface area contributed by atoms with Crippen LogP contribution in [0.25, 0.3) is 11.5 Å². The van der Waals surface area contributed by atoms with Crippen molar-refractivity contribution in [2.45, 2.75) is 26.3 Å². The van der Waals surface area contributed by atoms with E-state index >= 15 is 0 Å². The standard InChI is InChI=1S/C14H17FN4O2.ClH/c1-8(16-3)6-13-18-14(21-19-13)10-4-5-11(15)12(7-10)17-9(2)20;/h4-5,7-8,16H,6H2,1-3H3,(H,17,20);1H. The number of likely N-dealkylation sites (N-methyl/N-ethyl adjacent to an activating group) is 1. The Bertz CT molecular complexity index is 648. The summed E-state index contributed by atoms with van der Waals surface area (Å²) in [6.45, 7) is 3.32. The first-order chi connectivity index (χ1) is 9.99. The number of hydrogen-bond donors (Lipinski definition) is 2. The van der Waals surface area contributed by atoms with Gasteiger partial charge in [-0.05, 0) is 32.2 Å². The topological polar surface area (TPSA) is 80.0 Å². The van der Waals surface area contributed by atoms with Crippen LogP contribution in [0.15, 0.2) is 22.7 Å². The van der Waals surface area contributed by atoms with Crippen LogP contribution in [-0.2, 0) is 11.2 Å². The second kappa shape index (κ2) is 7.86. The van der Waals surface area contributed by atoms with Gasteiger partial charge in [0.05, 0.1) is 5.69 Å². The molecule has 1 unspecified atom stereocenters. The van der Waals surface area contributed by atoms with E-state index in [0.29, 0.717) is 23.7 Å². The van der Waals surface area contributed by atoms with E-state index < -0.39 is 5.82 Å². The number of carbonyl (C=O) groups excluding carboxylic acids is 1. The zero-order valence-corrected chi connectivity index (χ0v) is 13.3. The Hall–Kier alpha value is -1.99. The molecule has 2 rings (SSSR count). The number of carbonyl (C=O) groups is 1. The van der Waals surface area contributed by atoms with Gasteiger partial charge in [-0.15, -0.1) is 12.4 Å². The van der Waals surface area contributed by atoms with E-state index in [-0.39, 0.29) is 30.0 Å². The van der Waals surface area contributed by atoms with Crippen molar-refractivity contribution in [3.63, 3.8) is 0 Å². The summed E-state index contributed by atoms with van der Waals surface area (Å²) in [7, 11) is 1.85. The van der Waals surface area contributed by atoms with E-state index in [1.54, 1.807) is 0 Å². The number of nitrogens with zero attached hydrogens (tertiary/aromatic N) is 2. The fourth-order valence-corrected chi connectivity index (χ4v) is 1.77. The lowest BCUT2D eigenvalue weighted by atomic mass is 10.2. The third-order valence-electron chi connectivity index (χ3n) is 2.97. The van der Waals surface area contributed by atoms with Crippen LogP contribution in [-0.4, -0.2) is 29.1 Å². The minimum absolute atomic E-state index is 0. The molecule has 0 spiro atoms. The molecule has 8 heteroatoms. The van der Waals surface area contributed by atoms with Gasteiger partial charge in [0.15, 0.2) is 5.82 Å². The SMILES string of the molecule is CNC(C)Cc1noc(-c2ccc(F)c(NC(C)=O)c2)n1.Cl. The smallest absolute Gasteiger partial charge is 0.257 e. The first-order valence-corrected chi connectivity index (χ1v) is 6.57. The predicted octanol–water partition coefficient (Wildman–Crippen LogP) is 2.41. The number of amides is 1. The molecule has 2 N–H and O–H groups in total. The molecule has 1 aromatic carbocycles. The van der Waals surface area contributed by atoms with Crippen molar-refractivity contribution in [3.8, 4) is 11.5 Å². The maximum Gasteiger partial charge on any atom is 0.257 e. The van der Waals surface area contributed by atoms with E-state index in [4.69, 9.17) is 4.52 Å². The van der Waals surface area contributed by atoms with E-state index in [0.717, 1.165) is 0 Å². The Morgan fingerprint density at radius 1 is 1.45 bits per heavy atom. The number of anilines is 1. The Morgan fingerprint density at radius 2 is 2.18 bits per heavy atom. The molecular formula is C14H18ClFN4O2. The highest BCUT2D eigenvalue weighted by atomic mass is 35.5. The average molecular weight is 329 g/mol. The van der Waals surface area contributed by atoms with E-state index in [1.807, 2.05) is 14.0 Å². The predicted molar refractivity (Wildman–Crippen MR) is 83.5 cm³/mol. The van der Waals surface area contributed by atoms with Crippen LogP contribution in [0.4, 0.5) is 10.1 Å². The average Bonchev–Trinajstić information content (AvgIpc) is 2.89. The molecule has 0 bridgehead atoms. The van der Waals surface area contributed by atoms with Gasteiger partial charge < -0.3 is 15.2 Å². The summed E-state index contributed by atoms with van der Waals surface area (Å²) in [5, 5.41) is 9.39. The molecule has 0 saturated carbocycles. The molecule has 1 atom stereocenters. The molecule has 0 radical (unpaired) electrons. The first kappa shape index (κ1) is 18.1. The molecule has 6 nitrogen and oxygen atoms in total. The van der Waals surface area contributed by atoms with Gasteiger partial charge in [0.2, 0.25) is 5.91 Å². The zero-order chi connectivity index (χ0) is 15.4. The van der Waals surface area contributed by atoms with Crippen LogP contribution in [0.2, 0.25) is 0 Å². The maximum atomic E-state index is 13.6. The fourth-order valence-electron chi connectivity index (χ4n) is 1.77. The van der Waals surface area contributed by atoms with Gasteiger partial charge >= 0.3 is 0 Å². The molecular weight excluding hydrogens is 311 g/mol. The number of hydrogen-bond acceptors (Lipinski definition) is 5. The van der Waals surface area contributed by atoms with Crippen LogP contribution < -0.4 is 10.6 Å². The van der Waals surface area contributed by atoms with Crippen LogP contribution in [0.3, 0.4) is 0 Å². The maximum absolute atomic E-state index is 13.6. The van der Waals surface area contributed by atoms with Gasteiger partial charge in [-0.2, -0.15) is 4.98 Å². The van der Waals surface area contributed by atoms with Crippen LogP contribution >= 0.6 is 12.4 Å². The summed E-state index contributed by atoms with van der Waals surface area (Å²) in [4.78, 5) is 15.3. The summed E-state index contributed by atoms with van der Waals surface area (Å²) in [6.07, 6.45) is 0.625. The Labute approximate surface area is 133 Å². The lowest BCUT2D eigenvalue weighted by Crippen LogP contribution is -2.24. The van der Waals surface area contributed by atoms with E-state index in [9.17, 15) is 9.18 Å². The van der Waals surface area contributed by atoms with Crippen molar-refractivity contribution < 1.29 is 13.7 Å². The third-order valence-corrected chi connectivity index (χ3v) is 2.97. The second-order valence-electron chi connectivity index (χ2n) is 4.79. The summed E-state index contributed by atoms with van der Waals surface area (Å²) >= 11 is 0. The van der Waals surface area contributed by atoms with Gasteiger partial charge in [0.1, 0.15) is 5.82 Å². The van der Waals surface area contributed by atoms with Gasteiger partial charge in [-0.25, -0.2) is 4.39 Å². The van der Waals surface area contributed by atoms with Gasteiger partial charge in [0, 0.05) is 24.9 Å². The van der Waals surface area contributed by atoms with Crippen molar-refractivity contribution in [2.24, 2.45) is 0 Å². The molecule has 1 amide bonds. The van der Waals surface area contributed by atoms with Crippen molar-refractivity contribution in [2.75, 3.05) is 12.4 Å². The summed E-state index contributed by atoms with van der Waals surface area (Å²) in [5.41, 5.74) is 0.638. The number of aromatic nitrogens is 2. The molecule has 0 aliphatic heterocycles. The lowest BCUT2D eigenvalue weighted by molar-refractivity contribution is -0.114. The quantitative estimate of drug-likeness (QED) is 0.881. The molecule has 2 aromatic rings. The van der Waals surface area contributed by atoms with Gasteiger partial charge in [-0.1, -0.05) is 5.16 Å². The highest BCUT2D eigenvalue weighted by Gasteiger charge is 2.13.